The molecule has 1 saturated carbocycles. The van der Waals surface area contributed by atoms with Crippen LogP contribution in [0.5, 0.6) is 0 Å². The van der Waals surface area contributed by atoms with E-state index in [0.717, 1.165) is 24.8 Å². The molecule has 1 unspecified atom stereocenters. The number of hydrogen-bond acceptors (Lipinski definition) is 15. The number of carbonyl (C=O) groups excluding carboxylic acids is 5. The molecule has 4 fully saturated rings. The van der Waals surface area contributed by atoms with Gasteiger partial charge in [0.15, 0.2) is 5.78 Å². The molecule has 1 aliphatic carbocycles. The first-order valence-electron chi connectivity index (χ1n) is 27.7. The minimum atomic E-state index is -2.45. The number of hydrogen-bond donors (Lipinski definition) is 3. The Kier molecular flexibility index (Phi) is 24.8. The van der Waals surface area contributed by atoms with Gasteiger partial charge in [-0.2, -0.15) is 0 Å². The highest BCUT2D eigenvalue weighted by atomic mass is 16.6. The lowest BCUT2D eigenvalue weighted by molar-refractivity contribution is -0.266. The fraction of sp³-hybridized carbons (Fsp3) is 0.776. The maximum Gasteiger partial charge on any atom is 0.329 e. The quantitative estimate of drug-likeness (QED) is 0.108. The summed E-state index contributed by atoms with van der Waals surface area (Å²) in [5.74, 6) is -7.71. The molecule has 0 aromatic heterocycles. The number of amides is 1. The largest absolute Gasteiger partial charge is 0.460 e. The number of piperidine rings is 1. The van der Waals surface area contributed by atoms with Gasteiger partial charge >= 0.3 is 5.97 Å². The fourth-order valence-corrected chi connectivity index (χ4v) is 11.6. The third kappa shape index (κ3) is 17.0. The number of aliphatic hydroxyl groups excluding tert-OH is 2. The fourth-order valence-electron chi connectivity index (χ4n) is 11.6. The third-order valence-corrected chi connectivity index (χ3v) is 16.5. The van der Waals surface area contributed by atoms with Gasteiger partial charge in [-0.25, -0.2) is 4.79 Å². The second-order valence-corrected chi connectivity index (χ2v) is 22.3. The summed E-state index contributed by atoms with van der Waals surface area (Å²) in [6, 6.07) is -1.15. The van der Waals surface area contributed by atoms with Crippen molar-refractivity contribution in [2.24, 2.45) is 41.4 Å². The van der Waals surface area contributed by atoms with Crippen molar-refractivity contribution < 1.29 is 72.5 Å². The molecule has 74 heavy (non-hydrogen) atoms. The summed E-state index contributed by atoms with van der Waals surface area (Å²) in [6.45, 7) is 14.8. The topological polar surface area (TPSA) is 214 Å². The number of carbonyl (C=O) groups is 5. The first-order valence-corrected chi connectivity index (χ1v) is 27.7. The summed E-state index contributed by atoms with van der Waals surface area (Å²) in [5.41, 5.74) is 1.30. The number of methoxy groups -OCH3 is 2. The van der Waals surface area contributed by atoms with Gasteiger partial charge in [0, 0.05) is 64.6 Å². The highest BCUT2D eigenvalue weighted by Crippen LogP contribution is 2.38. The highest BCUT2D eigenvalue weighted by molar-refractivity contribution is 6.39. The van der Waals surface area contributed by atoms with Gasteiger partial charge in [0.25, 0.3) is 11.7 Å². The maximum atomic E-state index is 14.6. The van der Waals surface area contributed by atoms with Gasteiger partial charge in [0.05, 0.1) is 44.2 Å². The van der Waals surface area contributed by atoms with Crippen LogP contribution in [0.4, 0.5) is 0 Å². The van der Waals surface area contributed by atoms with E-state index in [1.165, 1.54) is 12.0 Å². The zero-order valence-electron chi connectivity index (χ0n) is 46.0. The predicted octanol–water partition coefficient (Wildman–Crippen LogP) is 6.99. The number of ether oxygens (including phenoxy) is 7. The average molecular weight is 1040 g/mol. The summed E-state index contributed by atoms with van der Waals surface area (Å²) < 4.78 is 42.2. The maximum absolute atomic E-state index is 14.6. The molecular weight excluding hydrogens is 951 g/mol. The zero-order valence-corrected chi connectivity index (χ0v) is 46.0. The van der Waals surface area contributed by atoms with Crippen molar-refractivity contribution in [2.45, 2.75) is 193 Å². The summed E-state index contributed by atoms with van der Waals surface area (Å²) in [7, 11) is 3.02. The Morgan fingerprint density at radius 2 is 1.57 bits per heavy atom. The minimum Gasteiger partial charge on any atom is -0.460 e. The number of esters is 1. The lowest BCUT2D eigenvalue weighted by atomic mass is 9.78. The molecule has 16 heteroatoms. The van der Waals surface area contributed by atoms with Gasteiger partial charge in [-0.15, -0.1) is 0 Å². The van der Waals surface area contributed by atoms with E-state index in [-0.39, 0.29) is 74.1 Å². The molecule has 2 bridgehead atoms. The van der Waals surface area contributed by atoms with Crippen molar-refractivity contribution in [3.8, 4) is 0 Å². The van der Waals surface area contributed by atoms with Crippen LogP contribution in [0.25, 0.3) is 0 Å². The van der Waals surface area contributed by atoms with Crippen molar-refractivity contribution in [1.82, 2.24) is 4.90 Å². The van der Waals surface area contributed by atoms with Gasteiger partial charge in [-0.05, 0) is 126 Å². The molecule has 0 spiro atoms. The van der Waals surface area contributed by atoms with Gasteiger partial charge in [-0.3, -0.25) is 19.2 Å². The predicted molar refractivity (Wildman–Crippen MR) is 278 cm³/mol. The standard InChI is InChI=1S/C58H91NO15/c1-36-15-11-10-12-16-37(2)49(72-35-43-22-26-70-27-23-43)33-45-20-18-42(7)58(67,74-45)55(64)56(65)59-24-14-13-17-46(59)57(66)73-50(39(4)31-44-19-21-48(71-28-25-60)51(32-44)68-8)34-47(61)38(3)30-41(6)53(63)54(69-9)52(62)40(5)29-36/h10-12,15-16,30,36,38-40,42-46,48-51,53-54,60,63,67H,13-14,17-29,31-35H2,1-9H3/b12-10+,15-11+,37-16+,41-30+/t36-,38-,39-,40-,42-,44+,45+,46+,48-,49?,50+,51-,53-,54+,58-/m1/s1. The average Bonchev–Trinajstić information content (AvgIpc) is 3.39. The number of rotatable bonds is 11. The third-order valence-electron chi connectivity index (χ3n) is 16.5. The molecule has 0 radical (unpaired) electrons. The summed E-state index contributed by atoms with van der Waals surface area (Å²) in [5, 5.41) is 33.2. The highest BCUT2D eigenvalue weighted by Gasteiger charge is 2.53. The first kappa shape index (κ1) is 61.4. The summed E-state index contributed by atoms with van der Waals surface area (Å²) >= 11 is 0. The van der Waals surface area contributed by atoms with Crippen LogP contribution >= 0.6 is 0 Å². The number of aliphatic hydroxyl groups is 3. The molecule has 1 amide bonds. The Morgan fingerprint density at radius 3 is 2.27 bits per heavy atom. The Labute approximate surface area is 440 Å². The van der Waals surface area contributed by atoms with E-state index in [4.69, 9.17) is 33.2 Å². The van der Waals surface area contributed by atoms with Crippen LogP contribution in [0.1, 0.15) is 138 Å². The van der Waals surface area contributed by atoms with Crippen LogP contribution in [-0.2, 0) is 57.1 Å². The molecule has 5 rings (SSSR count). The number of Topliss-reactive ketones (excluding diaryl/α,β-unsaturated/α-hetero) is 3. The van der Waals surface area contributed by atoms with Crippen molar-refractivity contribution >= 4 is 29.2 Å². The van der Waals surface area contributed by atoms with Crippen LogP contribution in [0.2, 0.25) is 0 Å². The molecule has 4 aliphatic heterocycles. The molecule has 3 saturated heterocycles. The number of allylic oxidation sites excluding steroid dienone is 6. The first-order chi connectivity index (χ1) is 35.3. The van der Waals surface area contributed by atoms with E-state index >= 15 is 0 Å². The number of nitrogens with zero attached hydrogens (tertiary/aromatic N) is 1. The Morgan fingerprint density at radius 1 is 0.824 bits per heavy atom. The summed E-state index contributed by atoms with van der Waals surface area (Å²) in [4.78, 5) is 72.9. The van der Waals surface area contributed by atoms with Crippen molar-refractivity contribution in [2.75, 3.05) is 53.8 Å². The monoisotopic (exact) mass is 1040 g/mol. The lowest BCUT2D eigenvalue weighted by Crippen LogP contribution is -2.61. The second kappa shape index (κ2) is 29.9. The van der Waals surface area contributed by atoms with Crippen molar-refractivity contribution in [1.29, 1.82) is 0 Å². The molecule has 0 aromatic rings. The van der Waals surface area contributed by atoms with Gasteiger partial charge < -0.3 is 53.4 Å². The van der Waals surface area contributed by atoms with Crippen LogP contribution in [0.15, 0.2) is 47.6 Å². The molecule has 16 nitrogen and oxygen atoms in total. The molecule has 5 aliphatic rings. The molecular formula is C58H91NO15. The zero-order chi connectivity index (χ0) is 54.1. The van der Waals surface area contributed by atoms with Crippen molar-refractivity contribution in [3.63, 3.8) is 0 Å². The van der Waals surface area contributed by atoms with Gasteiger partial charge in [-0.1, -0.05) is 71.1 Å². The molecule has 15 atom stereocenters. The molecule has 0 aromatic carbocycles. The normalized spacial score (nSPS) is 38.5. The van der Waals surface area contributed by atoms with Crippen LogP contribution in [-0.4, -0.2) is 158 Å². The van der Waals surface area contributed by atoms with E-state index in [2.05, 4.69) is 0 Å². The van der Waals surface area contributed by atoms with E-state index in [0.29, 0.717) is 89.1 Å². The van der Waals surface area contributed by atoms with Crippen LogP contribution in [0.3, 0.4) is 0 Å². The molecule has 3 N–H and O–H groups in total. The molecule has 4 heterocycles. The second-order valence-electron chi connectivity index (χ2n) is 22.3. The smallest absolute Gasteiger partial charge is 0.329 e. The van der Waals surface area contributed by atoms with E-state index in [1.54, 1.807) is 34.0 Å². The lowest BCUT2D eigenvalue weighted by Gasteiger charge is -2.43. The van der Waals surface area contributed by atoms with E-state index in [9.17, 15) is 39.3 Å². The SMILES string of the molecule is CO[C@@H]1C[C@H](C[C@@H](C)[C@@H]2CC(=O)[C@H](C)/C=C(\C)[C@@H](O)[C@@H](OC)C(=O)[C@H](C)C[C@H](C)/C=C/C=C/C=C(\C)C(OCC3CCOCC3)C[C@@H]3CC[C@@H](C)[C@@](O)(O3)C(=O)C(=O)N3CCCC[C@H]3C(=O)O2)CC[C@H]1OCCO. The van der Waals surface area contributed by atoms with Crippen molar-refractivity contribution in [3.05, 3.63) is 47.6 Å². The number of fused-ring (bicyclic) bond motifs is 3. The van der Waals surface area contributed by atoms with Crippen LogP contribution in [0, 0.1) is 41.4 Å². The Balaban J connectivity index is 1.47. The number of ketones is 3. The van der Waals surface area contributed by atoms with E-state index in [1.807, 2.05) is 58.1 Å². The minimum absolute atomic E-state index is 0.00546. The van der Waals surface area contributed by atoms with Gasteiger partial charge in [0.2, 0.25) is 5.79 Å². The van der Waals surface area contributed by atoms with E-state index < -0.39 is 77.8 Å². The Bertz CT molecular complexity index is 1960. The number of cyclic esters (lactones) is 1. The molecule has 418 valence electrons. The van der Waals surface area contributed by atoms with Gasteiger partial charge in [0.1, 0.15) is 30.1 Å². The van der Waals surface area contributed by atoms with Crippen LogP contribution < -0.4 is 0 Å². The summed E-state index contributed by atoms with van der Waals surface area (Å²) in [6.07, 6.45) is 13.8. The Hall–Kier alpha value is -3.45.